The van der Waals surface area contributed by atoms with Gasteiger partial charge in [0.1, 0.15) is 0 Å². The second-order valence-corrected chi connectivity index (χ2v) is 2.84. The van der Waals surface area contributed by atoms with Crippen LogP contribution in [0.5, 0.6) is 0 Å². The molecule has 0 fully saturated rings. The van der Waals surface area contributed by atoms with E-state index in [1.807, 2.05) is 19.1 Å². The zero-order valence-corrected chi connectivity index (χ0v) is 6.98. The smallest absolute Gasteiger partial charge is 0.250 e. The van der Waals surface area contributed by atoms with Crippen LogP contribution in [0.15, 0.2) is 23.1 Å². The minimum atomic E-state index is -0.106. The molecule has 0 aromatic carbocycles. The summed E-state index contributed by atoms with van der Waals surface area (Å²) in [5, 5.41) is 4.04. The SMILES string of the molecule is Cc1ccn2c(=O)n(C)nc2c1. The van der Waals surface area contributed by atoms with E-state index in [2.05, 4.69) is 5.10 Å². The highest BCUT2D eigenvalue weighted by Gasteiger charge is 2.01. The number of aryl methyl sites for hydroxylation is 2. The summed E-state index contributed by atoms with van der Waals surface area (Å²) in [5.41, 5.74) is 1.70. The van der Waals surface area contributed by atoms with Crippen molar-refractivity contribution in [2.24, 2.45) is 7.05 Å². The van der Waals surface area contributed by atoms with Crippen LogP contribution in [-0.4, -0.2) is 14.2 Å². The van der Waals surface area contributed by atoms with Crippen molar-refractivity contribution in [1.29, 1.82) is 0 Å². The van der Waals surface area contributed by atoms with Crippen molar-refractivity contribution < 1.29 is 0 Å². The van der Waals surface area contributed by atoms with Crippen LogP contribution in [0.2, 0.25) is 0 Å². The fraction of sp³-hybridized carbons (Fsp3) is 0.250. The molecule has 2 aromatic rings. The highest BCUT2D eigenvalue weighted by atomic mass is 16.2. The third kappa shape index (κ3) is 0.845. The molecule has 4 heteroatoms. The van der Waals surface area contributed by atoms with Gasteiger partial charge in [-0.15, -0.1) is 0 Å². The van der Waals surface area contributed by atoms with Crippen LogP contribution in [0.25, 0.3) is 5.65 Å². The molecule has 0 aliphatic rings. The largest absolute Gasteiger partial charge is 0.350 e. The highest BCUT2D eigenvalue weighted by Crippen LogP contribution is 1.99. The molecule has 62 valence electrons. The molecule has 0 N–H and O–H groups in total. The topological polar surface area (TPSA) is 39.3 Å². The predicted molar refractivity (Wildman–Crippen MR) is 45.2 cm³/mol. The molecule has 12 heavy (non-hydrogen) atoms. The Hall–Kier alpha value is -1.58. The third-order valence-electron chi connectivity index (χ3n) is 1.83. The van der Waals surface area contributed by atoms with E-state index in [0.717, 1.165) is 5.56 Å². The van der Waals surface area contributed by atoms with Crippen molar-refractivity contribution in [3.63, 3.8) is 0 Å². The van der Waals surface area contributed by atoms with Crippen molar-refractivity contribution in [3.8, 4) is 0 Å². The van der Waals surface area contributed by atoms with E-state index >= 15 is 0 Å². The standard InChI is InChI=1S/C8H9N3O/c1-6-3-4-11-7(5-6)9-10(2)8(11)12/h3-5H,1-2H3. The van der Waals surface area contributed by atoms with Gasteiger partial charge in [-0.25, -0.2) is 9.48 Å². The average Bonchev–Trinajstić information content (AvgIpc) is 2.28. The Morgan fingerprint density at radius 2 is 2.25 bits per heavy atom. The summed E-state index contributed by atoms with van der Waals surface area (Å²) in [6, 6.07) is 3.76. The lowest BCUT2D eigenvalue weighted by Gasteiger charge is -1.90. The quantitative estimate of drug-likeness (QED) is 0.562. The molecule has 0 saturated carbocycles. The van der Waals surface area contributed by atoms with Gasteiger partial charge in [-0.3, -0.25) is 4.40 Å². The van der Waals surface area contributed by atoms with Gasteiger partial charge in [-0.05, 0) is 24.6 Å². The summed E-state index contributed by atoms with van der Waals surface area (Å²) in [4.78, 5) is 11.3. The van der Waals surface area contributed by atoms with Crippen LogP contribution >= 0.6 is 0 Å². The summed E-state index contributed by atoms with van der Waals surface area (Å²) in [7, 11) is 1.64. The Balaban J connectivity index is 2.97. The summed E-state index contributed by atoms with van der Waals surface area (Å²) in [6.07, 6.45) is 1.74. The first kappa shape index (κ1) is 7.09. The summed E-state index contributed by atoms with van der Waals surface area (Å²) in [6.45, 7) is 1.97. The lowest BCUT2D eigenvalue weighted by Crippen LogP contribution is -2.17. The highest BCUT2D eigenvalue weighted by molar-refractivity contribution is 5.39. The Kier molecular flexibility index (Phi) is 1.30. The second kappa shape index (κ2) is 2.20. The average molecular weight is 163 g/mol. The number of fused-ring (bicyclic) bond motifs is 1. The number of rotatable bonds is 0. The summed E-state index contributed by atoms with van der Waals surface area (Å²) >= 11 is 0. The van der Waals surface area contributed by atoms with Crippen molar-refractivity contribution in [2.45, 2.75) is 6.92 Å². The van der Waals surface area contributed by atoms with Gasteiger partial charge in [0.15, 0.2) is 5.65 Å². The van der Waals surface area contributed by atoms with Gasteiger partial charge in [0, 0.05) is 13.2 Å². The molecule has 0 unspecified atom stereocenters. The molecule has 0 saturated heterocycles. The number of pyridine rings is 1. The minimum absolute atomic E-state index is 0.106. The van der Waals surface area contributed by atoms with E-state index in [-0.39, 0.29) is 5.69 Å². The van der Waals surface area contributed by atoms with Crippen molar-refractivity contribution >= 4 is 5.65 Å². The molecule has 0 bridgehead atoms. The van der Waals surface area contributed by atoms with Crippen molar-refractivity contribution in [2.75, 3.05) is 0 Å². The van der Waals surface area contributed by atoms with Gasteiger partial charge in [0.25, 0.3) is 0 Å². The molecule has 2 aromatic heterocycles. The molecule has 0 aliphatic carbocycles. The maximum atomic E-state index is 11.3. The maximum absolute atomic E-state index is 11.3. The number of aromatic nitrogens is 3. The normalized spacial score (nSPS) is 10.8. The van der Waals surface area contributed by atoms with Gasteiger partial charge in [0.2, 0.25) is 0 Å². The van der Waals surface area contributed by atoms with Crippen LogP contribution in [0, 0.1) is 6.92 Å². The Morgan fingerprint density at radius 3 is 3.00 bits per heavy atom. The third-order valence-corrected chi connectivity index (χ3v) is 1.83. The first-order valence-electron chi connectivity index (χ1n) is 3.70. The van der Waals surface area contributed by atoms with E-state index in [9.17, 15) is 4.79 Å². The van der Waals surface area contributed by atoms with E-state index < -0.39 is 0 Å². The van der Waals surface area contributed by atoms with Crippen LogP contribution < -0.4 is 5.69 Å². The Bertz CT molecular complexity index is 480. The fourth-order valence-electron chi connectivity index (χ4n) is 1.18. The van der Waals surface area contributed by atoms with E-state index in [4.69, 9.17) is 0 Å². The van der Waals surface area contributed by atoms with E-state index in [1.54, 1.807) is 13.2 Å². The van der Waals surface area contributed by atoms with Gasteiger partial charge >= 0.3 is 5.69 Å². The molecule has 0 atom stereocenters. The number of hydrogen-bond donors (Lipinski definition) is 0. The van der Waals surface area contributed by atoms with Crippen LogP contribution in [-0.2, 0) is 7.05 Å². The molecule has 4 nitrogen and oxygen atoms in total. The molecular weight excluding hydrogens is 154 g/mol. The number of nitrogens with zero attached hydrogens (tertiary/aromatic N) is 3. The first-order valence-corrected chi connectivity index (χ1v) is 3.70. The molecule has 0 spiro atoms. The van der Waals surface area contributed by atoms with Crippen LogP contribution in [0.4, 0.5) is 0 Å². The minimum Gasteiger partial charge on any atom is -0.250 e. The lowest BCUT2D eigenvalue weighted by molar-refractivity contribution is 0.733. The fourth-order valence-corrected chi connectivity index (χ4v) is 1.18. The van der Waals surface area contributed by atoms with Crippen LogP contribution in [0.3, 0.4) is 0 Å². The van der Waals surface area contributed by atoms with Crippen LogP contribution in [0.1, 0.15) is 5.56 Å². The molecule has 0 radical (unpaired) electrons. The van der Waals surface area contributed by atoms with E-state index in [0.29, 0.717) is 5.65 Å². The molecule has 0 amide bonds. The van der Waals surface area contributed by atoms with Gasteiger partial charge in [0.05, 0.1) is 0 Å². The van der Waals surface area contributed by atoms with Gasteiger partial charge in [-0.1, -0.05) is 0 Å². The maximum Gasteiger partial charge on any atom is 0.350 e. The summed E-state index contributed by atoms with van der Waals surface area (Å²) in [5.74, 6) is 0. The molecular formula is C8H9N3O. The predicted octanol–water partition coefficient (Wildman–Crippen LogP) is 0.341. The Morgan fingerprint density at radius 1 is 1.50 bits per heavy atom. The second-order valence-electron chi connectivity index (χ2n) is 2.84. The molecule has 0 aliphatic heterocycles. The first-order chi connectivity index (χ1) is 5.68. The van der Waals surface area contributed by atoms with E-state index in [1.165, 1.54) is 9.08 Å². The summed E-state index contributed by atoms with van der Waals surface area (Å²) < 4.78 is 2.85. The monoisotopic (exact) mass is 163 g/mol. The molecule has 2 heterocycles. The number of hydrogen-bond acceptors (Lipinski definition) is 2. The zero-order valence-electron chi connectivity index (χ0n) is 6.98. The molecule has 2 rings (SSSR count). The van der Waals surface area contributed by atoms with Crippen molar-refractivity contribution in [3.05, 3.63) is 34.4 Å². The van der Waals surface area contributed by atoms with Gasteiger partial charge < -0.3 is 0 Å². The Labute approximate surface area is 69.1 Å². The zero-order chi connectivity index (χ0) is 8.72. The van der Waals surface area contributed by atoms with Crippen molar-refractivity contribution in [1.82, 2.24) is 14.2 Å². The lowest BCUT2D eigenvalue weighted by atomic mass is 10.3. The van der Waals surface area contributed by atoms with Gasteiger partial charge in [-0.2, -0.15) is 5.10 Å².